The molecule has 0 unspecified atom stereocenters. The zero-order valence-electron chi connectivity index (χ0n) is 14.9. The predicted molar refractivity (Wildman–Crippen MR) is 98.5 cm³/mol. The summed E-state index contributed by atoms with van der Waals surface area (Å²) in [6.07, 6.45) is 4.49. The summed E-state index contributed by atoms with van der Waals surface area (Å²) in [6, 6.07) is 10.1. The molecule has 0 radical (unpaired) electrons. The van der Waals surface area contributed by atoms with Crippen molar-refractivity contribution >= 4 is 5.91 Å². The minimum atomic E-state index is -0.364. The highest BCUT2D eigenvalue weighted by Crippen LogP contribution is 2.38. The fourth-order valence-electron chi connectivity index (χ4n) is 3.48. The fraction of sp³-hybridized carbons (Fsp3) is 0.316. The highest BCUT2D eigenvalue weighted by Gasteiger charge is 2.36. The molecule has 1 saturated carbocycles. The van der Waals surface area contributed by atoms with E-state index in [4.69, 9.17) is 0 Å². The molecule has 0 bridgehead atoms. The van der Waals surface area contributed by atoms with Crippen LogP contribution in [0.15, 0.2) is 53.6 Å². The number of benzene rings is 1. The lowest BCUT2D eigenvalue weighted by atomic mass is 9.75. The summed E-state index contributed by atoms with van der Waals surface area (Å²) in [5.74, 6) is -0.229. The molecule has 1 amide bonds. The van der Waals surface area contributed by atoms with Crippen LogP contribution in [0.5, 0.6) is 0 Å². The SMILES string of the molecule is Cn1cc([C@@H](NC(=O)c2cc(=O)n(-c3ccccc3)[nH]2)C2CC(O)C2)cn1. The van der Waals surface area contributed by atoms with E-state index in [2.05, 4.69) is 15.5 Å². The highest BCUT2D eigenvalue weighted by molar-refractivity contribution is 5.92. The van der Waals surface area contributed by atoms with Crippen LogP contribution in [0.2, 0.25) is 0 Å². The molecule has 8 heteroatoms. The Balaban J connectivity index is 1.57. The number of hydrogen-bond donors (Lipinski definition) is 3. The number of nitrogens with zero attached hydrogens (tertiary/aromatic N) is 3. The monoisotopic (exact) mass is 367 g/mol. The fourth-order valence-corrected chi connectivity index (χ4v) is 3.48. The lowest BCUT2D eigenvalue weighted by molar-refractivity contribution is 0.0234. The molecule has 0 aliphatic heterocycles. The second-order valence-electron chi connectivity index (χ2n) is 6.96. The van der Waals surface area contributed by atoms with E-state index in [9.17, 15) is 14.7 Å². The normalized spacial score (nSPS) is 20.1. The van der Waals surface area contributed by atoms with E-state index in [0.29, 0.717) is 18.5 Å². The van der Waals surface area contributed by atoms with E-state index in [-0.39, 0.29) is 35.2 Å². The number of H-pyrrole nitrogens is 1. The molecule has 3 N–H and O–H groups in total. The van der Waals surface area contributed by atoms with Gasteiger partial charge in [-0.05, 0) is 30.9 Å². The summed E-state index contributed by atoms with van der Waals surface area (Å²) in [5, 5.41) is 19.7. The first-order valence-corrected chi connectivity index (χ1v) is 8.86. The molecule has 4 rings (SSSR count). The van der Waals surface area contributed by atoms with Crippen LogP contribution in [-0.4, -0.2) is 36.7 Å². The first-order valence-electron chi connectivity index (χ1n) is 8.86. The van der Waals surface area contributed by atoms with Crippen molar-refractivity contribution in [1.29, 1.82) is 0 Å². The van der Waals surface area contributed by atoms with Gasteiger partial charge < -0.3 is 10.4 Å². The van der Waals surface area contributed by atoms with Crippen molar-refractivity contribution in [2.75, 3.05) is 0 Å². The molecule has 1 aliphatic rings. The summed E-state index contributed by atoms with van der Waals surface area (Å²) in [4.78, 5) is 25.0. The number of carbonyl (C=O) groups excluding carboxylic acids is 1. The largest absolute Gasteiger partial charge is 0.393 e. The average molecular weight is 367 g/mol. The molecule has 0 spiro atoms. The molecule has 8 nitrogen and oxygen atoms in total. The van der Waals surface area contributed by atoms with Crippen LogP contribution in [-0.2, 0) is 7.05 Å². The number of aromatic nitrogens is 4. The third-order valence-electron chi connectivity index (χ3n) is 4.97. The summed E-state index contributed by atoms with van der Waals surface area (Å²) in [5.41, 5.74) is 1.43. The van der Waals surface area contributed by atoms with Gasteiger partial charge in [0.25, 0.3) is 11.5 Å². The molecule has 3 aromatic rings. The molecule has 1 atom stereocenters. The highest BCUT2D eigenvalue weighted by atomic mass is 16.3. The van der Waals surface area contributed by atoms with Crippen LogP contribution >= 0.6 is 0 Å². The van der Waals surface area contributed by atoms with Crippen LogP contribution in [0, 0.1) is 5.92 Å². The number of nitrogens with one attached hydrogen (secondary N) is 2. The molecule has 27 heavy (non-hydrogen) atoms. The van der Waals surface area contributed by atoms with Gasteiger partial charge in [0.15, 0.2) is 0 Å². The van der Waals surface area contributed by atoms with Gasteiger partial charge >= 0.3 is 0 Å². The quantitative estimate of drug-likeness (QED) is 0.629. The molecule has 1 fully saturated rings. The van der Waals surface area contributed by atoms with Gasteiger partial charge in [0.05, 0.1) is 24.0 Å². The number of aliphatic hydroxyl groups is 1. The van der Waals surface area contributed by atoms with Crippen molar-refractivity contribution in [2.45, 2.75) is 25.0 Å². The third kappa shape index (κ3) is 3.43. The second kappa shape index (κ2) is 6.88. The smallest absolute Gasteiger partial charge is 0.271 e. The third-order valence-corrected chi connectivity index (χ3v) is 4.97. The molecular formula is C19H21N5O3. The Morgan fingerprint density at radius 1 is 1.33 bits per heavy atom. The maximum absolute atomic E-state index is 12.8. The maximum Gasteiger partial charge on any atom is 0.271 e. The Kier molecular flexibility index (Phi) is 4.41. The van der Waals surface area contributed by atoms with Crippen LogP contribution < -0.4 is 10.9 Å². The van der Waals surface area contributed by atoms with E-state index in [1.54, 1.807) is 23.0 Å². The molecular weight excluding hydrogens is 346 g/mol. The zero-order valence-corrected chi connectivity index (χ0v) is 14.9. The molecule has 0 saturated heterocycles. The number of amides is 1. The lowest BCUT2D eigenvalue weighted by Gasteiger charge is -2.37. The van der Waals surface area contributed by atoms with E-state index in [0.717, 1.165) is 5.56 Å². The molecule has 1 aromatic carbocycles. The van der Waals surface area contributed by atoms with Crippen LogP contribution in [0.3, 0.4) is 0 Å². The second-order valence-corrected chi connectivity index (χ2v) is 6.96. The van der Waals surface area contributed by atoms with E-state index in [1.165, 1.54) is 10.7 Å². The number of aromatic amines is 1. The number of aryl methyl sites for hydroxylation is 1. The van der Waals surface area contributed by atoms with E-state index in [1.807, 2.05) is 31.4 Å². The van der Waals surface area contributed by atoms with Gasteiger partial charge in [-0.15, -0.1) is 0 Å². The van der Waals surface area contributed by atoms with Gasteiger partial charge in [0, 0.05) is 24.9 Å². The summed E-state index contributed by atoms with van der Waals surface area (Å²) in [6.45, 7) is 0. The van der Waals surface area contributed by atoms with Crippen LogP contribution in [0.1, 0.15) is 34.9 Å². The molecule has 2 heterocycles. The van der Waals surface area contributed by atoms with Crippen LogP contribution in [0.4, 0.5) is 0 Å². The van der Waals surface area contributed by atoms with E-state index < -0.39 is 0 Å². The average Bonchev–Trinajstić information content (AvgIpc) is 3.24. The van der Waals surface area contributed by atoms with Crippen molar-refractivity contribution in [2.24, 2.45) is 13.0 Å². The number of para-hydroxylation sites is 1. The number of hydrogen-bond acceptors (Lipinski definition) is 4. The maximum atomic E-state index is 12.8. The van der Waals surface area contributed by atoms with Gasteiger partial charge in [-0.2, -0.15) is 5.10 Å². The van der Waals surface area contributed by atoms with Crippen molar-refractivity contribution in [1.82, 2.24) is 24.9 Å². The summed E-state index contributed by atoms with van der Waals surface area (Å²) >= 11 is 0. The summed E-state index contributed by atoms with van der Waals surface area (Å²) < 4.78 is 3.01. The number of carbonyl (C=O) groups is 1. The Bertz CT molecular complexity index is 998. The Hall–Kier alpha value is -3.13. The minimum absolute atomic E-state index is 0.135. The van der Waals surface area contributed by atoms with Gasteiger partial charge in [0.2, 0.25) is 0 Å². The van der Waals surface area contributed by atoms with Gasteiger partial charge in [-0.1, -0.05) is 18.2 Å². The van der Waals surface area contributed by atoms with Gasteiger partial charge in [0.1, 0.15) is 5.69 Å². The van der Waals surface area contributed by atoms with E-state index >= 15 is 0 Å². The molecule has 2 aromatic heterocycles. The Morgan fingerprint density at radius 2 is 2.07 bits per heavy atom. The Labute approximate surface area is 155 Å². The lowest BCUT2D eigenvalue weighted by Crippen LogP contribution is -2.41. The number of aliphatic hydroxyl groups excluding tert-OH is 1. The van der Waals surface area contributed by atoms with Crippen molar-refractivity contribution in [3.8, 4) is 5.69 Å². The standard InChI is InChI=1S/C19H21N5O3/c1-23-11-13(10-20-23)18(12-7-15(25)8-12)21-19(27)16-9-17(26)24(22-16)14-5-3-2-4-6-14/h2-6,9-12,15,18,22,25H,7-8H2,1H3,(H,21,27)/t12?,15?,18-/m0/s1. The molecule has 1 aliphatic carbocycles. The zero-order chi connectivity index (χ0) is 19.0. The van der Waals surface area contributed by atoms with Crippen molar-refractivity contribution < 1.29 is 9.90 Å². The first kappa shape index (κ1) is 17.3. The minimum Gasteiger partial charge on any atom is -0.393 e. The predicted octanol–water partition coefficient (Wildman–Crippen LogP) is 1.14. The van der Waals surface area contributed by atoms with Crippen molar-refractivity contribution in [3.05, 3.63) is 70.4 Å². The van der Waals surface area contributed by atoms with Gasteiger partial charge in [-0.25, -0.2) is 4.68 Å². The summed E-state index contributed by atoms with van der Waals surface area (Å²) in [7, 11) is 1.81. The topological polar surface area (TPSA) is 105 Å². The van der Waals surface area contributed by atoms with Crippen molar-refractivity contribution in [3.63, 3.8) is 0 Å². The first-order chi connectivity index (χ1) is 13.0. The Morgan fingerprint density at radius 3 is 2.70 bits per heavy atom. The van der Waals surface area contributed by atoms with Gasteiger partial charge in [-0.3, -0.25) is 19.4 Å². The van der Waals surface area contributed by atoms with Crippen LogP contribution in [0.25, 0.3) is 5.69 Å². The molecule has 140 valence electrons. The number of rotatable bonds is 5.